The van der Waals surface area contributed by atoms with Gasteiger partial charge in [-0.25, -0.2) is 9.59 Å². The minimum absolute atomic E-state index is 0.320. The molecule has 0 spiro atoms. The first kappa shape index (κ1) is 17.7. The summed E-state index contributed by atoms with van der Waals surface area (Å²) in [6.45, 7) is 5.60. The van der Waals surface area contributed by atoms with Gasteiger partial charge >= 0.3 is 12.0 Å². The molecule has 0 aromatic heterocycles. The van der Waals surface area contributed by atoms with Crippen molar-refractivity contribution >= 4 is 12.0 Å². The second-order valence-corrected chi connectivity index (χ2v) is 5.06. The van der Waals surface area contributed by atoms with Gasteiger partial charge in [-0.15, -0.1) is 0 Å². The Morgan fingerprint density at radius 3 is 2.37 bits per heavy atom. The highest BCUT2D eigenvalue weighted by Gasteiger charge is 2.30. The Balaban J connectivity index is 3.95. The second kappa shape index (κ2) is 8.74. The van der Waals surface area contributed by atoms with Crippen LogP contribution in [0.5, 0.6) is 0 Å². The molecule has 4 N–H and O–H groups in total. The average Bonchev–Trinajstić information content (AvgIpc) is 2.36. The van der Waals surface area contributed by atoms with Crippen LogP contribution in [0.1, 0.15) is 46.5 Å². The van der Waals surface area contributed by atoms with Gasteiger partial charge in [0.2, 0.25) is 0 Å². The Morgan fingerprint density at radius 2 is 1.89 bits per heavy atom. The minimum Gasteiger partial charge on any atom is -0.479 e. The van der Waals surface area contributed by atoms with Crippen LogP contribution in [0.2, 0.25) is 0 Å². The molecular weight excluding hydrogens is 248 g/mol. The van der Waals surface area contributed by atoms with E-state index >= 15 is 0 Å². The standard InChI is InChI=1S/C13H26N2O4/c1-4-6-7-10(5-2)8-14-12(18)15-9-13(3,19)11(16)17/h10,19H,4-9H2,1-3H3,(H,16,17)(H2,14,15,18). The molecule has 6 heteroatoms. The average molecular weight is 274 g/mol. The van der Waals surface area contributed by atoms with Crippen LogP contribution in [0.3, 0.4) is 0 Å². The van der Waals surface area contributed by atoms with E-state index in [1.165, 1.54) is 0 Å². The number of aliphatic carboxylic acids is 1. The quantitative estimate of drug-likeness (QED) is 0.510. The molecule has 0 rings (SSSR count). The van der Waals surface area contributed by atoms with Gasteiger partial charge in [-0.05, 0) is 19.3 Å². The van der Waals surface area contributed by atoms with E-state index in [0.717, 1.165) is 32.6 Å². The molecule has 0 aliphatic rings. The van der Waals surface area contributed by atoms with Gasteiger partial charge in [0, 0.05) is 6.54 Å². The Hall–Kier alpha value is -1.30. The van der Waals surface area contributed by atoms with Crippen LogP contribution >= 0.6 is 0 Å². The minimum atomic E-state index is -1.94. The zero-order chi connectivity index (χ0) is 14.9. The van der Waals surface area contributed by atoms with Gasteiger partial charge in [0.15, 0.2) is 5.60 Å². The second-order valence-electron chi connectivity index (χ2n) is 5.06. The zero-order valence-corrected chi connectivity index (χ0v) is 12.0. The summed E-state index contributed by atoms with van der Waals surface area (Å²) in [5.74, 6) is -0.923. The molecule has 0 saturated heterocycles. The maximum atomic E-state index is 11.5. The van der Waals surface area contributed by atoms with E-state index in [0.29, 0.717) is 12.5 Å². The number of hydrogen-bond donors (Lipinski definition) is 4. The molecule has 0 aromatic carbocycles. The molecule has 2 unspecified atom stereocenters. The monoisotopic (exact) mass is 274 g/mol. The van der Waals surface area contributed by atoms with Gasteiger partial charge in [-0.1, -0.05) is 33.1 Å². The van der Waals surface area contributed by atoms with Crippen molar-refractivity contribution in [1.82, 2.24) is 10.6 Å². The summed E-state index contributed by atoms with van der Waals surface area (Å²) in [6, 6.07) is -0.448. The van der Waals surface area contributed by atoms with E-state index in [4.69, 9.17) is 5.11 Å². The Kier molecular flexibility index (Phi) is 8.14. The molecule has 0 saturated carbocycles. The first-order valence-corrected chi connectivity index (χ1v) is 6.81. The normalized spacial score (nSPS) is 15.4. The lowest BCUT2D eigenvalue weighted by molar-refractivity contribution is -0.155. The van der Waals surface area contributed by atoms with Crippen molar-refractivity contribution in [3.63, 3.8) is 0 Å². The molecular formula is C13H26N2O4. The number of amides is 2. The molecule has 0 fully saturated rings. The number of carbonyl (C=O) groups excluding carboxylic acids is 1. The fourth-order valence-electron chi connectivity index (χ4n) is 1.57. The summed E-state index contributed by atoms with van der Waals surface area (Å²) in [5, 5.41) is 23.2. The number of carboxylic acids is 1. The van der Waals surface area contributed by atoms with E-state index in [9.17, 15) is 14.7 Å². The van der Waals surface area contributed by atoms with Crippen molar-refractivity contribution in [3.8, 4) is 0 Å². The Morgan fingerprint density at radius 1 is 1.26 bits per heavy atom. The largest absolute Gasteiger partial charge is 0.479 e. The SMILES string of the molecule is CCCCC(CC)CNC(=O)NCC(C)(O)C(=O)O. The topological polar surface area (TPSA) is 98.7 Å². The predicted molar refractivity (Wildman–Crippen MR) is 73.0 cm³/mol. The lowest BCUT2D eigenvalue weighted by atomic mass is 9.99. The molecule has 0 heterocycles. The summed E-state index contributed by atoms with van der Waals surface area (Å²) >= 11 is 0. The van der Waals surface area contributed by atoms with Gasteiger partial charge in [-0.3, -0.25) is 0 Å². The number of aliphatic hydroxyl groups is 1. The number of carbonyl (C=O) groups is 2. The number of carboxylic acid groups (broad SMARTS) is 1. The van der Waals surface area contributed by atoms with E-state index in [1.54, 1.807) is 0 Å². The zero-order valence-electron chi connectivity index (χ0n) is 12.0. The van der Waals surface area contributed by atoms with Crippen molar-refractivity contribution in [2.24, 2.45) is 5.92 Å². The van der Waals surface area contributed by atoms with Crippen molar-refractivity contribution in [2.45, 2.75) is 52.1 Å². The van der Waals surface area contributed by atoms with Crippen LogP contribution in [0.25, 0.3) is 0 Å². The summed E-state index contributed by atoms with van der Waals surface area (Å²) in [6.07, 6.45) is 4.33. The van der Waals surface area contributed by atoms with Crippen LogP contribution in [0.4, 0.5) is 4.79 Å². The number of unbranched alkanes of at least 4 members (excludes halogenated alkanes) is 1. The summed E-state index contributed by atoms with van der Waals surface area (Å²) in [5.41, 5.74) is -1.94. The third-order valence-corrected chi connectivity index (χ3v) is 3.15. The van der Waals surface area contributed by atoms with Crippen LogP contribution in [0, 0.1) is 5.92 Å². The van der Waals surface area contributed by atoms with Gasteiger partial charge in [0.25, 0.3) is 0 Å². The summed E-state index contributed by atoms with van der Waals surface area (Å²) < 4.78 is 0. The van der Waals surface area contributed by atoms with Gasteiger partial charge in [-0.2, -0.15) is 0 Å². The van der Waals surface area contributed by atoms with Gasteiger partial charge in [0.05, 0.1) is 6.54 Å². The van der Waals surface area contributed by atoms with E-state index < -0.39 is 17.6 Å². The van der Waals surface area contributed by atoms with Gasteiger partial charge < -0.3 is 20.8 Å². The van der Waals surface area contributed by atoms with Crippen molar-refractivity contribution in [3.05, 3.63) is 0 Å². The summed E-state index contributed by atoms with van der Waals surface area (Å²) in [7, 11) is 0. The van der Waals surface area contributed by atoms with E-state index in [2.05, 4.69) is 24.5 Å². The molecule has 2 atom stereocenters. The van der Waals surface area contributed by atoms with Crippen LogP contribution in [0.15, 0.2) is 0 Å². The molecule has 0 aliphatic heterocycles. The highest BCUT2D eigenvalue weighted by atomic mass is 16.4. The molecule has 0 aliphatic carbocycles. The van der Waals surface area contributed by atoms with Crippen LogP contribution in [-0.4, -0.2) is 40.9 Å². The molecule has 0 bridgehead atoms. The number of nitrogens with one attached hydrogen (secondary N) is 2. The first-order valence-electron chi connectivity index (χ1n) is 6.81. The predicted octanol–water partition coefficient (Wildman–Crippen LogP) is 1.34. The van der Waals surface area contributed by atoms with Crippen molar-refractivity contribution in [2.75, 3.05) is 13.1 Å². The lowest BCUT2D eigenvalue weighted by Gasteiger charge is -2.20. The lowest BCUT2D eigenvalue weighted by Crippen LogP contribution is -2.49. The molecule has 2 amide bonds. The van der Waals surface area contributed by atoms with E-state index in [1.807, 2.05) is 0 Å². The number of hydrogen-bond acceptors (Lipinski definition) is 3. The molecule has 112 valence electrons. The first-order chi connectivity index (χ1) is 8.83. The molecule has 6 nitrogen and oxygen atoms in total. The van der Waals surface area contributed by atoms with Gasteiger partial charge in [0.1, 0.15) is 0 Å². The maximum absolute atomic E-state index is 11.5. The van der Waals surface area contributed by atoms with Crippen molar-refractivity contribution in [1.29, 1.82) is 0 Å². The van der Waals surface area contributed by atoms with Crippen molar-refractivity contribution < 1.29 is 19.8 Å². The Labute approximate surface area is 114 Å². The molecule has 0 radical (unpaired) electrons. The maximum Gasteiger partial charge on any atom is 0.337 e. The van der Waals surface area contributed by atoms with Crippen LogP contribution in [-0.2, 0) is 4.79 Å². The number of urea groups is 1. The third-order valence-electron chi connectivity index (χ3n) is 3.15. The molecule has 0 aromatic rings. The fourth-order valence-corrected chi connectivity index (χ4v) is 1.57. The van der Waals surface area contributed by atoms with E-state index in [-0.39, 0.29) is 6.54 Å². The highest BCUT2D eigenvalue weighted by Crippen LogP contribution is 2.11. The Bertz CT molecular complexity index is 292. The highest BCUT2D eigenvalue weighted by molar-refractivity contribution is 5.79. The fraction of sp³-hybridized carbons (Fsp3) is 0.846. The molecule has 19 heavy (non-hydrogen) atoms. The number of rotatable bonds is 9. The van der Waals surface area contributed by atoms with Crippen LogP contribution < -0.4 is 10.6 Å². The smallest absolute Gasteiger partial charge is 0.337 e. The third kappa shape index (κ3) is 7.66. The summed E-state index contributed by atoms with van der Waals surface area (Å²) in [4.78, 5) is 22.1.